The van der Waals surface area contributed by atoms with E-state index >= 15 is 0 Å². The molecule has 1 N–H and O–H groups in total. The molecule has 0 radical (unpaired) electrons. The van der Waals surface area contributed by atoms with Gasteiger partial charge in [0.05, 0.1) is 5.02 Å². The summed E-state index contributed by atoms with van der Waals surface area (Å²) in [6, 6.07) is 5.82. The van der Waals surface area contributed by atoms with Crippen molar-refractivity contribution in [2.24, 2.45) is 0 Å². The fraction of sp³-hybridized carbons (Fsp3) is 0.571. The molecule has 2 fully saturated rings. The zero-order valence-corrected chi connectivity index (χ0v) is 10.6. The first kappa shape index (κ1) is 11.5. The van der Waals surface area contributed by atoms with Gasteiger partial charge >= 0.3 is 0 Å². The highest BCUT2D eigenvalue weighted by Gasteiger charge is 2.41. The standard InChI is InChI=1S/C14H17ClFN/c15-12-8-10(3-4-13(12)16)9-14-6-1-2-11(17-14)5-7-14/h3-4,8,11,17H,1-2,5-7,9H2. The smallest absolute Gasteiger partial charge is 0.141 e. The zero-order valence-electron chi connectivity index (χ0n) is 9.81. The Bertz CT molecular complexity index is 430. The van der Waals surface area contributed by atoms with Gasteiger partial charge in [-0.25, -0.2) is 4.39 Å². The molecule has 2 bridgehead atoms. The molecule has 2 unspecified atom stereocenters. The highest BCUT2D eigenvalue weighted by atomic mass is 35.5. The second-order valence-electron chi connectivity index (χ2n) is 5.48. The zero-order chi connectivity index (χ0) is 11.9. The lowest BCUT2D eigenvalue weighted by atomic mass is 9.84. The molecule has 17 heavy (non-hydrogen) atoms. The molecule has 2 atom stereocenters. The van der Waals surface area contributed by atoms with E-state index in [1.54, 1.807) is 6.07 Å². The quantitative estimate of drug-likeness (QED) is 0.848. The van der Waals surface area contributed by atoms with Crippen molar-refractivity contribution >= 4 is 11.6 Å². The molecule has 2 aliphatic rings. The Morgan fingerprint density at radius 3 is 3.06 bits per heavy atom. The SMILES string of the molecule is Fc1ccc(CC23CCCC(CC2)N3)cc1Cl. The average molecular weight is 254 g/mol. The molecule has 1 aromatic carbocycles. The lowest BCUT2D eigenvalue weighted by Gasteiger charge is -2.35. The third-order valence-electron chi connectivity index (χ3n) is 4.22. The van der Waals surface area contributed by atoms with Gasteiger partial charge in [-0.15, -0.1) is 0 Å². The second kappa shape index (κ2) is 4.25. The first-order chi connectivity index (χ1) is 8.17. The lowest BCUT2D eigenvalue weighted by Crippen LogP contribution is -2.48. The van der Waals surface area contributed by atoms with Crippen LogP contribution in [0.3, 0.4) is 0 Å². The van der Waals surface area contributed by atoms with Crippen LogP contribution in [-0.4, -0.2) is 11.6 Å². The summed E-state index contributed by atoms with van der Waals surface area (Å²) in [6.45, 7) is 0. The van der Waals surface area contributed by atoms with Gasteiger partial charge in [0.15, 0.2) is 0 Å². The number of halogens is 2. The van der Waals surface area contributed by atoms with E-state index in [-0.39, 0.29) is 16.4 Å². The van der Waals surface area contributed by atoms with Crippen molar-refractivity contribution in [3.63, 3.8) is 0 Å². The van der Waals surface area contributed by atoms with Crippen molar-refractivity contribution in [3.05, 3.63) is 34.6 Å². The Morgan fingerprint density at radius 2 is 2.24 bits per heavy atom. The maximum Gasteiger partial charge on any atom is 0.141 e. The molecule has 3 heteroatoms. The molecule has 2 heterocycles. The fourth-order valence-corrected chi connectivity index (χ4v) is 3.60. The minimum atomic E-state index is -0.325. The predicted molar refractivity (Wildman–Crippen MR) is 67.9 cm³/mol. The third kappa shape index (κ3) is 2.21. The van der Waals surface area contributed by atoms with Crippen molar-refractivity contribution < 1.29 is 4.39 Å². The summed E-state index contributed by atoms with van der Waals surface area (Å²) in [7, 11) is 0. The topological polar surface area (TPSA) is 12.0 Å². The van der Waals surface area contributed by atoms with E-state index in [9.17, 15) is 4.39 Å². The van der Waals surface area contributed by atoms with Crippen LogP contribution in [0.5, 0.6) is 0 Å². The van der Waals surface area contributed by atoms with Gasteiger partial charge in [0.1, 0.15) is 5.82 Å². The Balaban J connectivity index is 1.80. The van der Waals surface area contributed by atoms with E-state index in [0.29, 0.717) is 6.04 Å². The summed E-state index contributed by atoms with van der Waals surface area (Å²) in [6.07, 6.45) is 7.36. The summed E-state index contributed by atoms with van der Waals surface area (Å²) >= 11 is 5.84. The number of benzene rings is 1. The van der Waals surface area contributed by atoms with Crippen molar-refractivity contribution in [1.82, 2.24) is 5.32 Å². The van der Waals surface area contributed by atoms with E-state index in [4.69, 9.17) is 11.6 Å². The number of nitrogens with one attached hydrogen (secondary N) is 1. The molecule has 0 aromatic heterocycles. The average Bonchev–Trinajstić information content (AvgIpc) is 2.59. The van der Waals surface area contributed by atoms with Gasteiger partial charge in [0.25, 0.3) is 0 Å². The van der Waals surface area contributed by atoms with Crippen LogP contribution < -0.4 is 5.32 Å². The Labute approximate surface area is 106 Å². The van der Waals surface area contributed by atoms with Gasteiger partial charge in [0.2, 0.25) is 0 Å². The Kier molecular flexibility index (Phi) is 2.87. The van der Waals surface area contributed by atoms with Gasteiger partial charge in [-0.2, -0.15) is 0 Å². The van der Waals surface area contributed by atoms with Crippen LogP contribution in [0.2, 0.25) is 5.02 Å². The number of hydrogen-bond donors (Lipinski definition) is 1. The van der Waals surface area contributed by atoms with Crippen molar-refractivity contribution in [2.45, 2.75) is 50.1 Å². The molecular formula is C14H17ClFN. The Morgan fingerprint density at radius 1 is 1.35 bits per heavy atom. The summed E-state index contributed by atoms with van der Waals surface area (Å²) in [5.41, 5.74) is 1.40. The number of piperidine rings is 1. The van der Waals surface area contributed by atoms with E-state index in [1.165, 1.54) is 38.2 Å². The molecule has 0 saturated carbocycles. The summed E-state index contributed by atoms with van der Waals surface area (Å²) in [4.78, 5) is 0. The molecule has 1 aromatic rings. The third-order valence-corrected chi connectivity index (χ3v) is 4.51. The molecule has 0 amide bonds. The van der Waals surface area contributed by atoms with Gasteiger partial charge < -0.3 is 5.32 Å². The summed E-state index contributed by atoms with van der Waals surface area (Å²) in [5, 5.41) is 3.99. The monoisotopic (exact) mass is 253 g/mol. The number of rotatable bonds is 2. The second-order valence-corrected chi connectivity index (χ2v) is 5.88. The van der Waals surface area contributed by atoms with Crippen LogP contribution in [0, 0.1) is 5.82 Å². The lowest BCUT2D eigenvalue weighted by molar-refractivity contribution is 0.273. The molecule has 92 valence electrons. The predicted octanol–water partition coefficient (Wildman–Crippen LogP) is 3.70. The van der Waals surface area contributed by atoms with Crippen LogP contribution in [0.25, 0.3) is 0 Å². The van der Waals surface area contributed by atoms with Crippen LogP contribution in [0.1, 0.15) is 37.7 Å². The molecular weight excluding hydrogens is 237 g/mol. The van der Waals surface area contributed by atoms with Gasteiger partial charge in [-0.1, -0.05) is 24.1 Å². The maximum atomic E-state index is 13.1. The molecule has 3 rings (SSSR count). The first-order valence-corrected chi connectivity index (χ1v) is 6.76. The largest absolute Gasteiger partial charge is 0.308 e. The normalized spacial score (nSPS) is 31.8. The number of hydrogen-bond acceptors (Lipinski definition) is 1. The summed E-state index contributed by atoms with van der Waals surface area (Å²) < 4.78 is 13.1. The van der Waals surface area contributed by atoms with Crippen LogP contribution in [0.15, 0.2) is 18.2 Å². The molecule has 1 nitrogen and oxygen atoms in total. The maximum absolute atomic E-state index is 13.1. The summed E-state index contributed by atoms with van der Waals surface area (Å²) in [5.74, 6) is -0.325. The van der Waals surface area contributed by atoms with Crippen LogP contribution in [-0.2, 0) is 6.42 Å². The number of fused-ring (bicyclic) bond motifs is 2. The molecule has 0 spiro atoms. The van der Waals surface area contributed by atoms with Crippen LogP contribution >= 0.6 is 11.6 Å². The van der Waals surface area contributed by atoms with E-state index in [0.717, 1.165) is 12.0 Å². The van der Waals surface area contributed by atoms with Crippen molar-refractivity contribution in [3.8, 4) is 0 Å². The molecule has 2 aliphatic heterocycles. The van der Waals surface area contributed by atoms with Gasteiger partial charge in [-0.05, 0) is 49.8 Å². The van der Waals surface area contributed by atoms with E-state index < -0.39 is 0 Å². The molecule has 2 saturated heterocycles. The van der Waals surface area contributed by atoms with Gasteiger partial charge in [-0.3, -0.25) is 0 Å². The van der Waals surface area contributed by atoms with Crippen molar-refractivity contribution in [1.29, 1.82) is 0 Å². The van der Waals surface area contributed by atoms with Crippen molar-refractivity contribution in [2.75, 3.05) is 0 Å². The molecule has 0 aliphatic carbocycles. The highest BCUT2D eigenvalue weighted by molar-refractivity contribution is 6.30. The fourth-order valence-electron chi connectivity index (χ4n) is 3.40. The van der Waals surface area contributed by atoms with Crippen LogP contribution in [0.4, 0.5) is 4.39 Å². The Hall–Kier alpha value is -0.600. The first-order valence-electron chi connectivity index (χ1n) is 6.39. The minimum absolute atomic E-state index is 0.240. The van der Waals surface area contributed by atoms with E-state index in [1.807, 2.05) is 6.07 Å². The van der Waals surface area contributed by atoms with E-state index in [2.05, 4.69) is 5.32 Å². The minimum Gasteiger partial charge on any atom is -0.308 e. The van der Waals surface area contributed by atoms with Gasteiger partial charge in [0, 0.05) is 11.6 Å². The highest BCUT2D eigenvalue weighted by Crippen LogP contribution is 2.38.